The molecular weight excluding hydrogens is 396 g/mol. The van der Waals surface area contributed by atoms with Gasteiger partial charge in [0.1, 0.15) is 6.61 Å². The van der Waals surface area contributed by atoms with Crippen molar-refractivity contribution in [2.45, 2.75) is 26.3 Å². The van der Waals surface area contributed by atoms with E-state index in [1.165, 1.54) is 20.9 Å². The van der Waals surface area contributed by atoms with Crippen LogP contribution in [-0.2, 0) is 20.8 Å². The molecule has 2 heterocycles. The molecular formula is C24H34N2O3S. The van der Waals surface area contributed by atoms with Crippen molar-refractivity contribution < 1.29 is 14.3 Å². The van der Waals surface area contributed by atoms with Gasteiger partial charge in [-0.3, -0.25) is 9.69 Å². The molecule has 1 fully saturated rings. The lowest BCUT2D eigenvalue weighted by atomic mass is 9.88. The van der Waals surface area contributed by atoms with E-state index >= 15 is 0 Å². The highest BCUT2D eigenvalue weighted by atomic mass is 32.1. The first-order valence-corrected chi connectivity index (χ1v) is 11.4. The third-order valence-corrected chi connectivity index (χ3v) is 6.82. The Labute approximate surface area is 184 Å². The maximum absolute atomic E-state index is 12.6. The second-order valence-corrected chi connectivity index (χ2v) is 9.62. The molecule has 5 nitrogen and oxygen atoms in total. The number of carbonyl (C=O) groups excluding carboxylic acids is 1. The van der Waals surface area contributed by atoms with Crippen LogP contribution in [0.4, 0.5) is 0 Å². The molecule has 2 unspecified atom stereocenters. The van der Waals surface area contributed by atoms with Crippen molar-refractivity contribution in [3.05, 3.63) is 57.3 Å². The van der Waals surface area contributed by atoms with E-state index in [4.69, 9.17) is 9.47 Å². The number of amides is 1. The van der Waals surface area contributed by atoms with Gasteiger partial charge in [0.2, 0.25) is 5.91 Å². The van der Waals surface area contributed by atoms with Crippen LogP contribution in [0.15, 0.2) is 36.4 Å². The summed E-state index contributed by atoms with van der Waals surface area (Å²) in [6.07, 6.45) is 0. The third kappa shape index (κ3) is 6.14. The standard InChI is InChI=1S/C24H34N2O3S/c1-18-5-8-20(9-6-18)23-16-25(15-22-10-7-19(2)30-22)13-21(23)14-26(11-12-28-3)24(27)17-29-4/h5-10,21,23H,11-17H2,1-4H3. The number of thiophene rings is 1. The molecule has 0 aliphatic carbocycles. The minimum absolute atomic E-state index is 0.0320. The molecule has 1 aliphatic rings. The van der Waals surface area contributed by atoms with Crippen LogP contribution in [0.1, 0.15) is 26.8 Å². The Bertz CT molecular complexity index is 805. The van der Waals surface area contributed by atoms with Gasteiger partial charge in [0.15, 0.2) is 0 Å². The van der Waals surface area contributed by atoms with Crippen LogP contribution >= 0.6 is 11.3 Å². The van der Waals surface area contributed by atoms with Gasteiger partial charge in [0.25, 0.3) is 0 Å². The molecule has 1 saturated heterocycles. The van der Waals surface area contributed by atoms with Gasteiger partial charge in [0, 0.05) is 62.6 Å². The minimum atomic E-state index is 0.0320. The van der Waals surface area contributed by atoms with Crippen LogP contribution in [0.25, 0.3) is 0 Å². The molecule has 0 bridgehead atoms. The van der Waals surface area contributed by atoms with E-state index < -0.39 is 0 Å². The SMILES string of the molecule is COCCN(CC1CN(Cc2ccc(C)s2)CC1c1ccc(C)cc1)C(=O)COC. The van der Waals surface area contributed by atoms with Crippen LogP contribution in [0.2, 0.25) is 0 Å². The lowest BCUT2D eigenvalue weighted by Gasteiger charge is -2.28. The molecule has 0 spiro atoms. The largest absolute Gasteiger partial charge is 0.383 e. The molecule has 1 aromatic carbocycles. The Kier molecular flexibility index (Phi) is 8.45. The van der Waals surface area contributed by atoms with Crippen LogP contribution in [0.5, 0.6) is 0 Å². The molecule has 2 atom stereocenters. The first-order chi connectivity index (χ1) is 14.5. The van der Waals surface area contributed by atoms with Crippen molar-refractivity contribution in [2.75, 3.05) is 53.6 Å². The Hall–Kier alpha value is -1.73. The van der Waals surface area contributed by atoms with E-state index in [0.717, 1.165) is 26.2 Å². The maximum atomic E-state index is 12.6. The van der Waals surface area contributed by atoms with Gasteiger partial charge < -0.3 is 14.4 Å². The quantitative estimate of drug-likeness (QED) is 0.576. The smallest absolute Gasteiger partial charge is 0.248 e. The lowest BCUT2D eigenvalue weighted by Crippen LogP contribution is -2.41. The van der Waals surface area contributed by atoms with Gasteiger partial charge in [-0.25, -0.2) is 0 Å². The number of benzene rings is 1. The van der Waals surface area contributed by atoms with Crippen LogP contribution in [-0.4, -0.2) is 69.3 Å². The van der Waals surface area contributed by atoms with Gasteiger partial charge in [-0.05, 0) is 37.5 Å². The Morgan fingerprint density at radius 1 is 1.10 bits per heavy atom. The zero-order chi connectivity index (χ0) is 21.5. The third-order valence-electron chi connectivity index (χ3n) is 5.84. The summed E-state index contributed by atoms with van der Waals surface area (Å²) in [6.45, 7) is 9.23. The molecule has 1 aliphatic heterocycles. The Balaban J connectivity index is 1.77. The maximum Gasteiger partial charge on any atom is 0.248 e. The summed E-state index contributed by atoms with van der Waals surface area (Å²) in [5, 5.41) is 0. The highest BCUT2D eigenvalue weighted by molar-refractivity contribution is 7.11. The number of likely N-dealkylation sites (tertiary alicyclic amines) is 1. The van der Waals surface area contributed by atoms with Crippen molar-refractivity contribution in [2.24, 2.45) is 5.92 Å². The first kappa shape index (κ1) is 22.9. The summed E-state index contributed by atoms with van der Waals surface area (Å²) in [5.41, 5.74) is 2.64. The summed E-state index contributed by atoms with van der Waals surface area (Å²) in [4.78, 5) is 19.8. The molecule has 1 aromatic heterocycles. The predicted molar refractivity (Wildman–Crippen MR) is 122 cm³/mol. The number of methoxy groups -OCH3 is 2. The van der Waals surface area contributed by atoms with E-state index in [1.807, 2.05) is 16.2 Å². The summed E-state index contributed by atoms with van der Waals surface area (Å²) in [5.74, 6) is 0.822. The van der Waals surface area contributed by atoms with Crippen molar-refractivity contribution in [1.29, 1.82) is 0 Å². The predicted octanol–water partition coefficient (Wildman–Crippen LogP) is 3.70. The van der Waals surface area contributed by atoms with E-state index in [0.29, 0.717) is 25.0 Å². The molecule has 6 heteroatoms. The van der Waals surface area contributed by atoms with E-state index in [2.05, 4.69) is 55.1 Å². The second kappa shape index (κ2) is 11.0. The zero-order valence-electron chi connectivity index (χ0n) is 18.6. The number of hydrogen-bond donors (Lipinski definition) is 0. The van der Waals surface area contributed by atoms with Gasteiger partial charge in [-0.2, -0.15) is 0 Å². The molecule has 30 heavy (non-hydrogen) atoms. The zero-order valence-corrected chi connectivity index (χ0v) is 19.4. The van der Waals surface area contributed by atoms with Crippen LogP contribution < -0.4 is 0 Å². The lowest BCUT2D eigenvalue weighted by molar-refractivity contribution is -0.136. The first-order valence-electron chi connectivity index (χ1n) is 10.6. The van der Waals surface area contributed by atoms with Gasteiger partial charge in [-0.15, -0.1) is 11.3 Å². The molecule has 0 N–H and O–H groups in total. The number of rotatable bonds is 10. The summed E-state index contributed by atoms with van der Waals surface area (Å²) >= 11 is 1.87. The average Bonchev–Trinajstić information content (AvgIpc) is 3.31. The number of hydrogen-bond acceptors (Lipinski definition) is 5. The van der Waals surface area contributed by atoms with Crippen LogP contribution in [0, 0.1) is 19.8 Å². The highest BCUT2D eigenvalue weighted by Crippen LogP contribution is 2.35. The van der Waals surface area contributed by atoms with Crippen molar-refractivity contribution in [3.8, 4) is 0 Å². The van der Waals surface area contributed by atoms with Crippen LogP contribution in [0.3, 0.4) is 0 Å². The molecule has 3 rings (SSSR count). The molecule has 2 aromatic rings. The normalized spacial score (nSPS) is 19.3. The summed E-state index contributed by atoms with van der Waals surface area (Å²) < 4.78 is 10.4. The van der Waals surface area contributed by atoms with Crippen molar-refractivity contribution in [1.82, 2.24) is 9.80 Å². The number of nitrogens with zero attached hydrogens (tertiary/aromatic N) is 2. The number of carbonyl (C=O) groups is 1. The van der Waals surface area contributed by atoms with Crippen molar-refractivity contribution in [3.63, 3.8) is 0 Å². The highest BCUT2D eigenvalue weighted by Gasteiger charge is 2.35. The number of ether oxygens (including phenoxy) is 2. The van der Waals surface area contributed by atoms with Crippen molar-refractivity contribution >= 4 is 17.2 Å². The minimum Gasteiger partial charge on any atom is -0.383 e. The summed E-state index contributed by atoms with van der Waals surface area (Å²) in [6, 6.07) is 13.3. The monoisotopic (exact) mass is 430 g/mol. The van der Waals surface area contributed by atoms with Gasteiger partial charge >= 0.3 is 0 Å². The fourth-order valence-corrected chi connectivity index (χ4v) is 5.21. The van der Waals surface area contributed by atoms with E-state index in [-0.39, 0.29) is 12.5 Å². The Morgan fingerprint density at radius 2 is 1.87 bits per heavy atom. The fourth-order valence-electron chi connectivity index (χ4n) is 4.27. The molecule has 0 saturated carbocycles. The average molecular weight is 431 g/mol. The second-order valence-electron chi connectivity index (χ2n) is 8.25. The van der Waals surface area contributed by atoms with E-state index in [9.17, 15) is 4.79 Å². The molecule has 0 radical (unpaired) electrons. The topological polar surface area (TPSA) is 42.0 Å². The fraction of sp³-hybridized carbons (Fsp3) is 0.542. The van der Waals surface area contributed by atoms with E-state index in [1.54, 1.807) is 14.2 Å². The molecule has 164 valence electrons. The number of aryl methyl sites for hydroxylation is 2. The van der Waals surface area contributed by atoms with Gasteiger partial charge in [-0.1, -0.05) is 29.8 Å². The van der Waals surface area contributed by atoms with Gasteiger partial charge in [0.05, 0.1) is 6.61 Å². The Morgan fingerprint density at radius 3 is 2.50 bits per heavy atom. The molecule has 1 amide bonds. The summed E-state index contributed by atoms with van der Waals surface area (Å²) in [7, 11) is 3.25.